The molecule has 58 valence electrons. The molecule has 0 unspecified atom stereocenters. The minimum atomic E-state index is -0.878. The molecule has 2 N–H and O–H groups in total. The molecule has 5 heteroatoms. The third kappa shape index (κ3) is 1.65. The quantitative estimate of drug-likeness (QED) is 0.651. The zero-order valence-corrected chi connectivity index (χ0v) is 6.10. The van der Waals surface area contributed by atoms with Gasteiger partial charge in [0.05, 0.1) is 11.8 Å². The van der Waals surface area contributed by atoms with Crippen LogP contribution in [0.25, 0.3) is 0 Å². The summed E-state index contributed by atoms with van der Waals surface area (Å²) in [4.78, 5) is 13.9. The van der Waals surface area contributed by atoms with Crippen LogP contribution < -0.4 is 5.73 Å². The molecule has 0 aliphatic heterocycles. The summed E-state index contributed by atoms with van der Waals surface area (Å²) in [6, 6.07) is 1.09. The van der Waals surface area contributed by atoms with Gasteiger partial charge in [-0.1, -0.05) is 0 Å². The Balaban J connectivity index is 3.23. The minimum absolute atomic E-state index is 0.0652. The maximum absolute atomic E-state index is 12.6. The van der Waals surface area contributed by atoms with Crippen molar-refractivity contribution in [1.29, 1.82) is 0 Å². The number of aromatic nitrogens is 1. The summed E-state index contributed by atoms with van der Waals surface area (Å²) in [5.74, 6) is -0.699. The van der Waals surface area contributed by atoms with Crippen molar-refractivity contribution >= 4 is 22.7 Å². The average molecular weight is 175 g/mol. The molecular weight excluding hydrogens is 171 g/mol. The number of pyridine rings is 1. The minimum Gasteiger partial charge on any atom is -0.384 e. The van der Waals surface area contributed by atoms with Crippen molar-refractivity contribution in [2.24, 2.45) is 0 Å². The van der Waals surface area contributed by atoms with Crippen LogP contribution in [0.2, 0.25) is 0 Å². The number of anilines is 1. The monoisotopic (exact) mass is 174 g/mol. The predicted molar refractivity (Wildman–Crippen MR) is 38.8 cm³/mol. The lowest BCUT2D eigenvalue weighted by Crippen LogP contribution is -1.99. The maximum atomic E-state index is 12.6. The lowest BCUT2D eigenvalue weighted by Gasteiger charge is -1.96. The second-order valence-electron chi connectivity index (χ2n) is 1.86. The molecular formula is C6H4ClFN2O. The summed E-state index contributed by atoms with van der Waals surface area (Å²) < 4.78 is 12.6. The molecule has 0 saturated carbocycles. The first-order valence-corrected chi connectivity index (χ1v) is 3.10. The van der Waals surface area contributed by atoms with Crippen LogP contribution in [0, 0.1) is 5.82 Å². The Bertz CT molecular complexity index is 303. The predicted octanol–water partition coefficient (Wildman–Crippen LogP) is 1.18. The van der Waals surface area contributed by atoms with Crippen LogP contribution in [-0.4, -0.2) is 10.2 Å². The Hall–Kier alpha value is -1.16. The molecule has 0 fully saturated rings. The number of halogens is 2. The van der Waals surface area contributed by atoms with Crippen molar-refractivity contribution in [3.63, 3.8) is 0 Å². The van der Waals surface area contributed by atoms with Crippen molar-refractivity contribution in [2.75, 3.05) is 5.73 Å². The fraction of sp³-hybridized carbons (Fsp3) is 0. The van der Waals surface area contributed by atoms with Gasteiger partial charge in [0.2, 0.25) is 0 Å². The van der Waals surface area contributed by atoms with Crippen LogP contribution in [0.3, 0.4) is 0 Å². The summed E-state index contributed by atoms with van der Waals surface area (Å²) >= 11 is 5.02. The Morgan fingerprint density at radius 3 is 2.82 bits per heavy atom. The third-order valence-corrected chi connectivity index (χ3v) is 1.29. The molecule has 0 aromatic carbocycles. The maximum Gasteiger partial charge on any atom is 0.255 e. The molecule has 0 aliphatic rings. The number of hydrogen-bond donors (Lipinski definition) is 1. The van der Waals surface area contributed by atoms with Crippen molar-refractivity contribution in [2.45, 2.75) is 0 Å². The number of rotatable bonds is 1. The molecule has 1 rings (SSSR count). The van der Waals surface area contributed by atoms with Gasteiger partial charge in [0, 0.05) is 0 Å². The lowest BCUT2D eigenvalue weighted by atomic mass is 10.3. The van der Waals surface area contributed by atoms with Gasteiger partial charge in [-0.25, -0.2) is 9.37 Å². The van der Waals surface area contributed by atoms with Crippen molar-refractivity contribution < 1.29 is 9.18 Å². The summed E-state index contributed by atoms with van der Waals surface area (Å²) in [5, 5.41) is -0.878. The van der Waals surface area contributed by atoms with E-state index >= 15 is 0 Å². The first-order chi connectivity index (χ1) is 5.11. The van der Waals surface area contributed by atoms with Crippen LogP contribution in [0.1, 0.15) is 10.4 Å². The van der Waals surface area contributed by atoms with E-state index in [1.807, 2.05) is 0 Å². The molecule has 0 spiro atoms. The second-order valence-corrected chi connectivity index (χ2v) is 2.21. The van der Waals surface area contributed by atoms with Crippen LogP contribution in [0.4, 0.5) is 10.2 Å². The topological polar surface area (TPSA) is 56.0 Å². The molecule has 0 bridgehead atoms. The summed E-state index contributed by atoms with van der Waals surface area (Å²) in [7, 11) is 0. The first kappa shape index (κ1) is 7.94. The SMILES string of the molecule is Nc1cc(C(=O)Cl)c(F)cn1. The molecule has 1 heterocycles. The number of nitrogens with two attached hydrogens (primary N) is 1. The van der Waals surface area contributed by atoms with E-state index in [2.05, 4.69) is 4.98 Å². The summed E-state index contributed by atoms with van der Waals surface area (Å²) in [5.41, 5.74) is 4.93. The standard InChI is InChI=1S/C6H4ClFN2O/c7-6(11)3-1-5(9)10-2-4(3)8/h1-2H,(H2,9,10). The lowest BCUT2D eigenvalue weighted by molar-refractivity contribution is 0.107. The number of hydrogen-bond acceptors (Lipinski definition) is 3. The highest BCUT2D eigenvalue weighted by Crippen LogP contribution is 2.11. The average Bonchev–Trinajstić information content (AvgIpc) is 1.94. The molecule has 0 radical (unpaired) electrons. The van der Waals surface area contributed by atoms with E-state index in [0.29, 0.717) is 0 Å². The van der Waals surface area contributed by atoms with Crippen molar-refractivity contribution in [3.05, 3.63) is 23.6 Å². The van der Waals surface area contributed by atoms with E-state index in [4.69, 9.17) is 17.3 Å². The fourth-order valence-corrected chi connectivity index (χ4v) is 0.750. The van der Waals surface area contributed by atoms with Crippen molar-refractivity contribution in [1.82, 2.24) is 4.98 Å². The highest BCUT2D eigenvalue weighted by Gasteiger charge is 2.09. The van der Waals surface area contributed by atoms with E-state index < -0.39 is 11.1 Å². The molecule has 3 nitrogen and oxygen atoms in total. The van der Waals surface area contributed by atoms with Gasteiger partial charge in [-0.15, -0.1) is 0 Å². The van der Waals surface area contributed by atoms with E-state index in [1.54, 1.807) is 0 Å². The fourth-order valence-electron chi connectivity index (χ4n) is 0.605. The van der Waals surface area contributed by atoms with Gasteiger partial charge in [0.1, 0.15) is 5.82 Å². The molecule has 0 amide bonds. The smallest absolute Gasteiger partial charge is 0.255 e. The van der Waals surface area contributed by atoms with E-state index in [9.17, 15) is 9.18 Å². The number of carbonyl (C=O) groups excluding carboxylic acids is 1. The van der Waals surface area contributed by atoms with E-state index in [-0.39, 0.29) is 11.4 Å². The van der Waals surface area contributed by atoms with Gasteiger partial charge in [-0.3, -0.25) is 4.79 Å². The second kappa shape index (κ2) is 2.84. The molecule has 0 aliphatic carbocycles. The number of nitrogen functional groups attached to an aromatic ring is 1. The highest BCUT2D eigenvalue weighted by molar-refractivity contribution is 6.67. The molecule has 1 aromatic heterocycles. The van der Waals surface area contributed by atoms with E-state index in [1.165, 1.54) is 0 Å². The molecule has 0 saturated heterocycles. The third-order valence-electron chi connectivity index (χ3n) is 1.09. The molecule has 0 atom stereocenters. The van der Waals surface area contributed by atoms with Gasteiger partial charge in [0.15, 0.2) is 5.82 Å². The highest BCUT2D eigenvalue weighted by atomic mass is 35.5. The van der Waals surface area contributed by atoms with Gasteiger partial charge in [-0.2, -0.15) is 0 Å². The Labute approximate surface area is 67.0 Å². The van der Waals surface area contributed by atoms with E-state index in [0.717, 1.165) is 12.3 Å². The van der Waals surface area contributed by atoms with Crippen LogP contribution in [0.5, 0.6) is 0 Å². The van der Waals surface area contributed by atoms with Gasteiger partial charge >= 0.3 is 0 Å². The number of carbonyl (C=O) groups is 1. The Kier molecular flexibility index (Phi) is 2.05. The Morgan fingerprint density at radius 2 is 2.36 bits per heavy atom. The molecule has 1 aromatic rings. The largest absolute Gasteiger partial charge is 0.384 e. The van der Waals surface area contributed by atoms with Crippen LogP contribution >= 0.6 is 11.6 Å². The van der Waals surface area contributed by atoms with Gasteiger partial charge < -0.3 is 5.73 Å². The first-order valence-electron chi connectivity index (χ1n) is 2.72. The Morgan fingerprint density at radius 1 is 1.73 bits per heavy atom. The van der Waals surface area contributed by atoms with Crippen LogP contribution in [0.15, 0.2) is 12.3 Å². The number of nitrogens with zero attached hydrogens (tertiary/aromatic N) is 1. The molecule has 11 heavy (non-hydrogen) atoms. The normalized spacial score (nSPS) is 9.64. The zero-order valence-electron chi connectivity index (χ0n) is 5.34. The summed E-state index contributed by atoms with van der Waals surface area (Å²) in [6.45, 7) is 0. The van der Waals surface area contributed by atoms with Crippen molar-refractivity contribution in [3.8, 4) is 0 Å². The zero-order chi connectivity index (χ0) is 8.43. The van der Waals surface area contributed by atoms with Gasteiger partial charge in [0.25, 0.3) is 5.24 Å². The van der Waals surface area contributed by atoms with Crippen LogP contribution in [-0.2, 0) is 0 Å². The summed E-state index contributed by atoms with van der Waals surface area (Å²) in [6.07, 6.45) is 0.852. The van der Waals surface area contributed by atoms with Gasteiger partial charge in [-0.05, 0) is 17.7 Å².